The summed E-state index contributed by atoms with van der Waals surface area (Å²) in [6, 6.07) is -4.33. The molecule has 4 atom stereocenters. The summed E-state index contributed by atoms with van der Waals surface area (Å²) < 4.78 is 0. The summed E-state index contributed by atoms with van der Waals surface area (Å²) in [6.07, 6.45) is -2.08. The highest BCUT2D eigenvalue weighted by molar-refractivity contribution is 5.95. The number of carboxylic acids is 2. The average Bonchev–Trinajstić information content (AvgIpc) is 2.56. The standard InChI is InChI=1S/C16H28N4O8/c1-7(2)4-10(16(27)28)19-15(26)13(8(3)21)20-14(25)9(5-12(23)24)18-11(22)6-17/h7-10,13,21H,4-6,17H2,1-3H3,(H,18,22)(H,19,26)(H,20,25)(H,23,24)(H,27,28). The molecule has 12 heteroatoms. The van der Waals surface area contributed by atoms with Gasteiger partial charge in [0.2, 0.25) is 17.7 Å². The average molecular weight is 404 g/mol. The molecule has 0 rings (SSSR count). The molecule has 0 aliphatic carbocycles. The maximum absolute atomic E-state index is 12.4. The molecule has 8 N–H and O–H groups in total. The van der Waals surface area contributed by atoms with E-state index in [0.29, 0.717) is 0 Å². The van der Waals surface area contributed by atoms with Crippen LogP contribution in [-0.4, -0.2) is 75.8 Å². The monoisotopic (exact) mass is 404 g/mol. The molecule has 0 heterocycles. The zero-order valence-corrected chi connectivity index (χ0v) is 16.0. The molecule has 0 bridgehead atoms. The fourth-order valence-electron chi connectivity index (χ4n) is 2.25. The smallest absolute Gasteiger partial charge is 0.326 e. The van der Waals surface area contributed by atoms with Crippen LogP contribution in [0.15, 0.2) is 0 Å². The lowest BCUT2D eigenvalue weighted by atomic mass is 10.0. The molecule has 28 heavy (non-hydrogen) atoms. The van der Waals surface area contributed by atoms with E-state index in [1.165, 1.54) is 6.92 Å². The minimum absolute atomic E-state index is 0.0487. The zero-order valence-electron chi connectivity index (χ0n) is 16.0. The topological polar surface area (TPSA) is 208 Å². The van der Waals surface area contributed by atoms with Gasteiger partial charge in [-0.15, -0.1) is 0 Å². The lowest BCUT2D eigenvalue weighted by molar-refractivity contribution is -0.144. The molecular formula is C16H28N4O8. The molecule has 0 aliphatic rings. The second-order valence-electron chi connectivity index (χ2n) is 6.68. The van der Waals surface area contributed by atoms with E-state index in [0.717, 1.165) is 0 Å². The highest BCUT2D eigenvalue weighted by Crippen LogP contribution is 2.06. The molecule has 0 aliphatic heterocycles. The molecule has 0 aromatic carbocycles. The number of aliphatic hydroxyl groups excluding tert-OH is 1. The van der Waals surface area contributed by atoms with Crippen molar-refractivity contribution in [2.45, 2.75) is 57.8 Å². The van der Waals surface area contributed by atoms with Gasteiger partial charge in [0.25, 0.3) is 0 Å². The summed E-state index contributed by atoms with van der Waals surface area (Å²) in [5.74, 6) is -5.51. The Balaban J connectivity index is 5.30. The summed E-state index contributed by atoms with van der Waals surface area (Å²) in [5, 5.41) is 34.4. The number of aliphatic carboxylic acids is 2. The van der Waals surface area contributed by atoms with Gasteiger partial charge in [0.15, 0.2) is 0 Å². The summed E-state index contributed by atoms with van der Waals surface area (Å²) in [4.78, 5) is 58.2. The number of nitrogens with two attached hydrogens (primary N) is 1. The van der Waals surface area contributed by atoms with Crippen LogP contribution in [0.25, 0.3) is 0 Å². The minimum Gasteiger partial charge on any atom is -0.481 e. The normalized spacial score (nSPS) is 15.1. The third kappa shape index (κ3) is 9.28. The van der Waals surface area contributed by atoms with Crippen LogP contribution in [0.5, 0.6) is 0 Å². The molecule has 0 aromatic heterocycles. The third-order valence-electron chi connectivity index (χ3n) is 3.60. The Morgan fingerprint density at radius 1 is 0.893 bits per heavy atom. The van der Waals surface area contributed by atoms with Crippen LogP contribution in [0, 0.1) is 5.92 Å². The van der Waals surface area contributed by atoms with Gasteiger partial charge in [0.05, 0.1) is 19.1 Å². The Kier molecular flexibility index (Phi) is 10.7. The van der Waals surface area contributed by atoms with Gasteiger partial charge in [-0.05, 0) is 19.3 Å². The number of carbonyl (C=O) groups is 5. The van der Waals surface area contributed by atoms with Crippen LogP contribution in [0.2, 0.25) is 0 Å². The quantitative estimate of drug-likeness (QED) is 0.181. The van der Waals surface area contributed by atoms with Crippen molar-refractivity contribution in [3.8, 4) is 0 Å². The van der Waals surface area contributed by atoms with Gasteiger partial charge < -0.3 is 37.0 Å². The molecule has 160 valence electrons. The van der Waals surface area contributed by atoms with E-state index in [1.807, 2.05) is 0 Å². The summed E-state index contributed by atoms with van der Waals surface area (Å²) in [5.41, 5.74) is 5.12. The Morgan fingerprint density at radius 2 is 1.46 bits per heavy atom. The molecule has 0 aromatic rings. The predicted molar refractivity (Wildman–Crippen MR) is 95.9 cm³/mol. The molecule has 0 radical (unpaired) electrons. The van der Waals surface area contributed by atoms with Crippen LogP contribution in [0.4, 0.5) is 0 Å². The zero-order chi connectivity index (χ0) is 22.0. The highest BCUT2D eigenvalue weighted by Gasteiger charge is 2.33. The first kappa shape index (κ1) is 25.3. The highest BCUT2D eigenvalue weighted by atomic mass is 16.4. The molecule has 4 unspecified atom stereocenters. The van der Waals surface area contributed by atoms with Crippen molar-refractivity contribution < 1.29 is 39.3 Å². The van der Waals surface area contributed by atoms with E-state index in [2.05, 4.69) is 16.0 Å². The second-order valence-corrected chi connectivity index (χ2v) is 6.68. The van der Waals surface area contributed by atoms with Gasteiger partial charge in [0.1, 0.15) is 18.1 Å². The summed E-state index contributed by atoms with van der Waals surface area (Å²) in [6.45, 7) is 4.21. The molecule has 0 spiro atoms. The van der Waals surface area contributed by atoms with Gasteiger partial charge in [-0.3, -0.25) is 19.2 Å². The maximum Gasteiger partial charge on any atom is 0.326 e. The van der Waals surface area contributed by atoms with Crippen LogP contribution in [0.1, 0.15) is 33.6 Å². The van der Waals surface area contributed by atoms with E-state index in [9.17, 15) is 34.2 Å². The number of rotatable bonds is 12. The number of nitrogens with one attached hydrogen (secondary N) is 3. The molecule has 0 saturated carbocycles. The minimum atomic E-state index is -1.56. The molecular weight excluding hydrogens is 376 g/mol. The van der Waals surface area contributed by atoms with Crippen molar-refractivity contribution in [2.24, 2.45) is 11.7 Å². The van der Waals surface area contributed by atoms with Crippen molar-refractivity contribution in [2.75, 3.05) is 6.54 Å². The molecule has 0 saturated heterocycles. The number of aliphatic hydroxyl groups is 1. The van der Waals surface area contributed by atoms with Gasteiger partial charge in [0, 0.05) is 0 Å². The Hall–Kier alpha value is -2.73. The third-order valence-corrected chi connectivity index (χ3v) is 3.60. The van der Waals surface area contributed by atoms with Crippen molar-refractivity contribution in [1.29, 1.82) is 0 Å². The van der Waals surface area contributed by atoms with E-state index in [4.69, 9.17) is 10.8 Å². The van der Waals surface area contributed by atoms with Crippen LogP contribution in [-0.2, 0) is 24.0 Å². The van der Waals surface area contributed by atoms with E-state index in [-0.39, 0.29) is 12.3 Å². The second kappa shape index (κ2) is 11.9. The molecule has 0 fully saturated rings. The number of hydrogen-bond donors (Lipinski definition) is 7. The first-order valence-electron chi connectivity index (χ1n) is 8.61. The number of carboxylic acid groups (broad SMARTS) is 2. The number of hydrogen-bond acceptors (Lipinski definition) is 7. The van der Waals surface area contributed by atoms with Crippen LogP contribution < -0.4 is 21.7 Å². The predicted octanol–water partition coefficient (Wildman–Crippen LogP) is -2.61. The number of amides is 3. The van der Waals surface area contributed by atoms with Crippen molar-refractivity contribution in [3.05, 3.63) is 0 Å². The van der Waals surface area contributed by atoms with Crippen molar-refractivity contribution in [1.82, 2.24) is 16.0 Å². The van der Waals surface area contributed by atoms with Gasteiger partial charge >= 0.3 is 11.9 Å². The van der Waals surface area contributed by atoms with Gasteiger partial charge in [-0.25, -0.2) is 4.79 Å². The van der Waals surface area contributed by atoms with Gasteiger partial charge in [-0.1, -0.05) is 13.8 Å². The first-order chi connectivity index (χ1) is 12.9. The summed E-state index contributed by atoms with van der Waals surface area (Å²) in [7, 11) is 0. The lowest BCUT2D eigenvalue weighted by Gasteiger charge is -2.26. The van der Waals surface area contributed by atoms with Crippen LogP contribution >= 0.6 is 0 Å². The van der Waals surface area contributed by atoms with E-state index < -0.39 is 66.9 Å². The Labute approximate surface area is 161 Å². The maximum atomic E-state index is 12.4. The van der Waals surface area contributed by atoms with Crippen molar-refractivity contribution >= 4 is 29.7 Å². The SMILES string of the molecule is CC(C)CC(NC(=O)C(NC(=O)C(CC(=O)O)NC(=O)CN)C(C)O)C(=O)O. The lowest BCUT2D eigenvalue weighted by Crippen LogP contribution is -2.59. The van der Waals surface area contributed by atoms with Crippen molar-refractivity contribution in [3.63, 3.8) is 0 Å². The largest absolute Gasteiger partial charge is 0.481 e. The van der Waals surface area contributed by atoms with E-state index in [1.54, 1.807) is 13.8 Å². The Morgan fingerprint density at radius 3 is 1.86 bits per heavy atom. The fraction of sp³-hybridized carbons (Fsp3) is 0.688. The fourth-order valence-corrected chi connectivity index (χ4v) is 2.25. The van der Waals surface area contributed by atoms with Crippen LogP contribution in [0.3, 0.4) is 0 Å². The van der Waals surface area contributed by atoms with E-state index >= 15 is 0 Å². The number of carbonyl (C=O) groups excluding carboxylic acids is 3. The Bertz CT molecular complexity index is 593. The molecule has 12 nitrogen and oxygen atoms in total. The van der Waals surface area contributed by atoms with Gasteiger partial charge in [-0.2, -0.15) is 0 Å². The summed E-state index contributed by atoms with van der Waals surface area (Å²) >= 11 is 0. The molecule has 3 amide bonds. The first-order valence-corrected chi connectivity index (χ1v) is 8.61.